The molecular formula is C52H92O8. The first-order chi connectivity index (χ1) is 29.1. The third-order valence-corrected chi connectivity index (χ3v) is 12.7. The highest BCUT2D eigenvalue weighted by Gasteiger charge is 2.37. The van der Waals surface area contributed by atoms with Gasteiger partial charge >= 0.3 is 23.9 Å². The molecule has 1 aliphatic rings. The summed E-state index contributed by atoms with van der Waals surface area (Å²) >= 11 is 0. The number of esters is 4. The largest absolute Gasteiger partial charge is 0.462 e. The van der Waals surface area contributed by atoms with Crippen LogP contribution in [-0.4, -0.2) is 50.3 Å². The van der Waals surface area contributed by atoms with Crippen molar-refractivity contribution in [3.63, 3.8) is 0 Å². The van der Waals surface area contributed by atoms with E-state index in [0.717, 1.165) is 49.4 Å². The average Bonchev–Trinajstić information content (AvgIpc) is 3.23. The minimum absolute atomic E-state index is 0.0763. The number of carbonyl (C=O) groups is 4. The van der Waals surface area contributed by atoms with Gasteiger partial charge in [-0.05, 0) is 76.0 Å². The van der Waals surface area contributed by atoms with Gasteiger partial charge in [-0.3, -0.25) is 9.59 Å². The third kappa shape index (κ3) is 29.6. The van der Waals surface area contributed by atoms with Crippen molar-refractivity contribution in [2.24, 2.45) is 23.7 Å². The monoisotopic (exact) mass is 845 g/mol. The normalized spacial score (nSPS) is 17.5. The second-order valence-electron chi connectivity index (χ2n) is 18.1. The number of carbonyl (C=O) groups excluding carboxylic acids is 4. The number of rotatable bonds is 40. The molecule has 0 aliphatic heterocycles. The van der Waals surface area contributed by atoms with E-state index in [9.17, 15) is 19.2 Å². The number of hydrogen-bond acceptors (Lipinski definition) is 8. The van der Waals surface area contributed by atoms with Crippen LogP contribution in [0.2, 0.25) is 0 Å². The van der Waals surface area contributed by atoms with Gasteiger partial charge in [0, 0.05) is 24.0 Å². The molecule has 0 aromatic heterocycles. The summed E-state index contributed by atoms with van der Waals surface area (Å²) in [6, 6.07) is 0. The summed E-state index contributed by atoms with van der Waals surface area (Å²) in [5.74, 6) is 2.35. The van der Waals surface area contributed by atoms with Crippen molar-refractivity contribution < 1.29 is 38.1 Å². The Kier molecular flexibility index (Phi) is 35.1. The molecule has 0 amide bonds. The van der Waals surface area contributed by atoms with Gasteiger partial charge in [0.05, 0.1) is 0 Å². The van der Waals surface area contributed by atoms with Crippen LogP contribution in [0.3, 0.4) is 0 Å². The van der Waals surface area contributed by atoms with Crippen LogP contribution in [0.1, 0.15) is 233 Å². The Morgan fingerprint density at radius 3 is 1.05 bits per heavy atom. The topological polar surface area (TPSA) is 105 Å². The minimum Gasteiger partial charge on any atom is -0.462 e. The highest BCUT2D eigenvalue weighted by molar-refractivity contribution is 5.87. The Bertz CT molecular complexity index is 1150. The quantitative estimate of drug-likeness (QED) is 0.0260. The molecule has 0 saturated heterocycles. The van der Waals surface area contributed by atoms with Crippen molar-refractivity contribution in [3.05, 3.63) is 24.3 Å². The van der Waals surface area contributed by atoms with Crippen LogP contribution >= 0.6 is 0 Å². The highest BCUT2D eigenvalue weighted by atomic mass is 16.6. The molecule has 0 heterocycles. The molecule has 0 bridgehead atoms. The first-order valence-electron chi connectivity index (χ1n) is 25.1. The number of ether oxygens (including phenoxy) is 4. The Morgan fingerprint density at radius 1 is 0.400 bits per heavy atom. The predicted molar refractivity (Wildman–Crippen MR) is 247 cm³/mol. The molecule has 1 saturated carbocycles. The zero-order chi connectivity index (χ0) is 44.1. The van der Waals surface area contributed by atoms with E-state index in [4.69, 9.17) is 18.9 Å². The molecule has 0 spiro atoms. The lowest BCUT2D eigenvalue weighted by Crippen LogP contribution is -2.35. The SMILES string of the molecule is C=C(C)C(=O)OCCOC(=O)CCCCCCCCCCC1CCC(CCCCC)C(CCCCCCC)C1CCCCCCCCCCC(=O)OCCOC(=O)C(=C)C. The van der Waals surface area contributed by atoms with Crippen LogP contribution in [0.5, 0.6) is 0 Å². The average molecular weight is 845 g/mol. The molecule has 60 heavy (non-hydrogen) atoms. The zero-order valence-electron chi connectivity index (χ0n) is 39.4. The van der Waals surface area contributed by atoms with E-state index in [1.165, 1.54) is 167 Å². The van der Waals surface area contributed by atoms with Crippen molar-refractivity contribution in [2.75, 3.05) is 26.4 Å². The fraction of sp³-hybridized carbons (Fsp3) is 0.846. The van der Waals surface area contributed by atoms with Gasteiger partial charge < -0.3 is 18.9 Å². The van der Waals surface area contributed by atoms with Crippen LogP contribution < -0.4 is 0 Å². The molecule has 0 N–H and O–H groups in total. The summed E-state index contributed by atoms with van der Waals surface area (Å²) in [5, 5.41) is 0. The van der Waals surface area contributed by atoms with Gasteiger partial charge in [-0.15, -0.1) is 0 Å². The Hall–Kier alpha value is -2.64. The number of unbranched alkanes of at least 4 members (excludes halogenated alkanes) is 20. The van der Waals surface area contributed by atoms with Gasteiger partial charge in [-0.1, -0.05) is 181 Å². The first kappa shape index (κ1) is 55.4. The van der Waals surface area contributed by atoms with Gasteiger partial charge in [0.1, 0.15) is 26.4 Å². The first-order valence-corrected chi connectivity index (χ1v) is 25.1. The van der Waals surface area contributed by atoms with Crippen molar-refractivity contribution in [1.82, 2.24) is 0 Å². The van der Waals surface area contributed by atoms with Gasteiger partial charge in [0.25, 0.3) is 0 Å². The second kappa shape index (κ2) is 38.1. The summed E-state index contributed by atoms with van der Waals surface area (Å²) in [4.78, 5) is 46.8. The molecular weight excluding hydrogens is 753 g/mol. The fourth-order valence-electron chi connectivity index (χ4n) is 9.23. The van der Waals surface area contributed by atoms with E-state index < -0.39 is 11.9 Å². The predicted octanol–water partition coefficient (Wildman–Crippen LogP) is 14.3. The van der Waals surface area contributed by atoms with E-state index >= 15 is 0 Å². The Labute approximate surface area is 368 Å². The Balaban J connectivity index is 2.44. The van der Waals surface area contributed by atoms with E-state index in [1.807, 2.05) is 0 Å². The van der Waals surface area contributed by atoms with E-state index in [0.29, 0.717) is 24.0 Å². The molecule has 8 heteroatoms. The van der Waals surface area contributed by atoms with Crippen LogP contribution in [0.25, 0.3) is 0 Å². The van der Waals surface area contributed by atoms with Crippen LogP contribution in [0.4, 0.5) is 0 Å². The summed E-state index contributed by atoms with van der Waals surface area (Å²) in [6.45, 7) is 15.3. The van der Waals surface area contributed by atoms with Crippen LogP contribution in [0, 0.1) is 23.7 Å². The van der Waals surface area contributed by atoms with Gasteiger partial charge in [-0.25, -0.2) is 9.59 Å². The summed E-state index contributed by atoms with van der Waals surface area (Å²) in [6.07, 6.45) is 39.9. The summed E-state index contributed by atoms with van der Waals surface area (Å²) < 4.78 is 20.3. The lowest BCUT2D eigenvalue weighted by Gasteiger charge is -2.44. The molecule has 1 aliphatic carbocycles. The maximum Gasteiger partial charge on any atom is 0.333 e. The van der Waals surface area contributed by atoms with E-state index in [1.54, 1.807) is 13.8 Å². The van der Waals surface area contributed by atoms with Crippen molar-refractivity contribution in [2.45, 2.75) is 233 Å². The highest BCUT2D eigenvalue weighted by Crippen LogP contribution is 2.47. The van der Waals surface area contributed by atoms with Gasteiger partial charge in [0.2, 0.25) is 0 Å². The maximum atomic E-state index is 12.0. The second-order valence-corrected chi connectivity index (χ2v) is 18.1. The van der Waals surface area contributed by atoms with Gasteiger partial charge in [0.15, 0.2) is 0 Å². The lowest BCUT2D eigenvalue weighted by molar-refractivity contribution is -0.150. The molecule has 0 aromatic carbocycles. The zero-order valence-corrected chi connectivity index (χ0v) is 39.4. The van der Waals surface area contributed by atoms with Crippen LogP contribution in [-0.2, 0) is 38.1 Å². The molecule has 4 unspecified atom stereocenters. The van der Waals surface area contributed by atoms with Gasteiger partial charge in [-0.2, -0.15) is 0 Å². The Morgan fingerprint density at radius 2 is 0.683 bits per heavy atom. The van der Waals surface area contributed by atoms with Crippen molar-refractivity contribution >= 4 is 23.9 Å². The summed E-state index contributed by atoms with van der Waals surface area (Å²) in [7, 11) is 0. The van der Waals surface area contributed by atoms with E-state index in [-0.39, 0.29) is 38.4 Å². The molecule has 0 aromatic rings. The minimum atomic E-state index is -0.452. The molecule has 8 nitrogen and oxygen atoms in total. The summed E-state index contributed by atoms with van der Waals surface area (Å²) in [5.41, 5.74) is 0.689. The standard InChI is InChI=1S/C52H92O8/c1-7-9-11-20-27-33-47-45(31-25-10-8-2)37-38-46(32-26-21-16-12-14-18-23-29-35-49(53)57-39-41-59-51(55)43(3)4)48(47)34-28-22-17-13-15-19-24-30-36-50(54)58-40-42-60-52(56)44(5)6/h45-48H,3,5,7-42H2,1-2,4,6H3. The number of hydrogen-bond donors (Lipinski definition) is 0. The molecule has 4 atom stereocenters. The fourth-order valence-corrected chi connectivity index (χ4v) is 9.23. The molecule has 0 radical (unpaired) electrons. The lowest BCUT2D eigenvalue weighted by atomic mass is 9.61. The van der Waals surface area contributed by atoms with Crippen LogP contribution in [0.15, 0.2) is 24.3 Å². The van der Waals surface area contributed by atoms with Crippen molar-refractivity contribution in [3.8, 4) is 0 Å². The molecule has 1 rings (SSSR count). The third-order valence-electron chi connectivity index (χ3n) is 12.7. The van der Waals surface area contributed by atoms with Crippen molar-refractivity contribution in [1.29, 1.82) is 0 Å². The smallest absolute Gasteiger partial charge is 0.333 e. The molecule has 1 fully saturated rings. The van der Waals surface area contributed by atoms with E-state index in [2.05, 4.69) is 27.0 Å². The maximum absolute atomic E-state index is 12.0. The molecule has 348 valence electrons.